The van der Waals surface area contributed by atoms with Gasteiger partial charge in [-0.3, -0.25) is 4.79 Å². The summed E-state index contributed by atoms with van der Waals surface area (Å²) in [5.41, 5.74) is -0.508. The van der Waals surface area contributed by atoms with Crippen LogP contribution < -0.4 is 5.32 Å². The average Bonchev–Trinajstić information content (AvgIpc) is 2.62. The largest absolute Gasteiger partial charge is 0.373 e. The molecule has 148 valence electrons. The van der Waals surface area contributed by atoms with E-state index in [2.05, 4.69) is 31.1 Å². The molecule has 1 amide bonds. The lowest BCUT2D eigenvalue weighted by atomic mass is 10.1. The van der Waals surface area contributed by atoms with Crippen molar-refractivity contribution in [2.75, 3.05) is 25.5 Å². The highest BCUT2D eigenvalue weighted by molar-refractivity contribution is 8.76. The van der Waals surface area contributed by atoms with Gasteiger partial charge in [-0.1, -0.05) is 23.8 Å². The van der Waals surface area contributed by atoms with Gasteiger partial charge in [0.15, 0.2) is 0 Å². The Bertz CT molecular complexity index is 525. The molecule has 7 heteroatoms. The highest BCUT2D eigenvalue weighted by atomic mass is 33.1. The number of amides is 1. The van der Waals surface area contributed by atoms with Gasteiger partial charge in [0.05, 0.1) is 24.4 Å². The van der Waals surface area contributed by atoms with E-state index in [-0.39, 0.29) is 17.1 Å². The third kappa shape index (κ3) is 11.1. The first-order valence-corrected chi connectivity index (χ1v) is 11.3. The molecule has 0 aliphatic heterocycles. The van der Waals surface area contributed by atoms with E-state index in [1.54, 1.807) is 27.8 Å². The Morgan fingerprint density at radius 2 is 1.96 bits per heavy atom. The molecule has 0 bridgehead atoms. The highest BCUT2D eigenvalue weighted by Crippen LogP contribution is 2.29. The van der Waals surface area contributed by atoms with Crippen LogP contribution in [0, 0.1) is 0 Å². The number of aromatic nitrogens is 1. The number of hydrogen-bond donors (Lipinski definition) is 1. The van der Waals surface area contributed by atoms with E-state index < -0.39 is 0 Å². The molecule has 0 radical (unpaired) electrons. The van der Waals surface area contributed by atoms with Crippen molar-refractivity contribution in [2.24, 2.45) is 0 Å². The second-order valence-electron chi connectivity index (χ2n) is 7.18. The Hall–Kier alpha value is -0.760. The predicted molar refractivity (Wildman–Crippen MR) is 111 cm³/mol. The van der Waals surface area contributed by atoms with E-state index in [4.69, 9.17) is 9.47 Å². The van der Waals surface area contributed by atoms with Gasteiger partial charge in [-0.2, -0.15) is 0 Å². The fourth-order valence-corrected chi connectivity index (χ4v) is 3.62. The fraction of sp³-hybridized carbons (Fsp3) is 0.684. The predicted octanol–water partition coefficient (Wildman–Crippen LogP) is 4.33. The second kappa shape index (κ2) is 11.8. The molecule has 0 aromatic carbocycles. The standard InChI is InChI=1S/C19H32N2O3S2/c1-6-18(2,3)24-15-19(4,5)23-13-12-20-16(22)10-14-25-26-17-9-7-8-11-21-17/h7-9,11H,6,10,12-15H2,1-5H3,(H,20,22). The Kier molecular flexibility index (Phi) is 10.6. The summed E-state index contributed by atoms with van der Waals surface area (Å²) in [6, 6.07) is 5.81. The van der Waals surface area contributed by atoms with Crippen LogP contribution in [0.15, 0.2) is 29.4 Å². The van der Waals surface area contributed by atoms with E-state index in [1.807, 2.05) is 32.0 Å². The molecular formula is C19H32N2O3S2. The maximum absolute atomic E-state index is 11.8. The van der Waals surface area contributed by atoms with Crippen molar-refractivity contribution in [3.05, 3.63) is 24.4 Å². The minimum Gasteiger partial charge on any atom is -0.373 e. The van der Waals surface area contributed by atoms with Gasteiger partial charge >= 0.3 is 0 Å². The van der Waals surface area contributed by atoms with Gasteiger partial charge in [-0.05, 0) is 57.0 Å². The molecule has 1 aromatic rings. The van der Waals surface area contributed by atoms with Crippen molar-refractivity contribution in [2.45, 2.75) is 63.7 Å². The van der Waals surface area contributed by atoms with Gasteiger partial charge in [0.25, 0.3) is 0 Å². The molecule has 0 saturated heterocycles. The lowest BCUT2D eigenvalue weighted by Gasteiger charge is -2.31. The van der Waals surface area contributed by atoms with Gasteiger partial charge < -0.3 is 14.8 Å². The molecule has 0 atom stereocenters. The summed E-state index contributed by atoms with van der Waals surface area (Å²) in [5.74, 6) is 0.795. The fourth-order valence-electron chi connectivity index (χ4n) is 1.75. The van der Waals surface area contributed by atoms with Gasteiger partial charge in [0.1, 0.15) is 5.03 Å². The minimum absolute atomic E-state index is 0.0453. The average molecular weight is 401 g/mol. The van der Waals surface area contributed by atoms with Crippen LogP contribution in [0.5, 0.6) is 0 Å². The molecule has 26 heavy (non-hydrogen) atoms. The molecule has 0 saturated carbocycles. The molecule has 1 aromatic heterocycles. The number of hydrogen-bond acceptors (Lipinski definition) is 6. The zero-order valence-corrected chi connectivity index (χ0v) is 18.2. The van der Waals surface area contributed by atoms with Gasteiger partial charge in [0, 0.05) is 24.9 Å². The summed E-state index contributed by atoms with van der Waals surface area (Å²) in [4.78, 5) is 16.1. The number of rotatable bonds is 13. The van der Waals surface area contributed by atoms with E-state index in [0.29, 0.717) is 26.2 Å². The first-order chi connectivity index (χ1) is 12.2. The van der Waals surface area contributed by atoms with Gasteiger partial charge in [-0.25, -0.2) is 4.98 Å². The van der Waals surface area contributed by atoms with Crippen LogP contribution in [0.25, 0.3) is 0 Å². The Morgan fingerprint density at radius 3 is 2.62 bits per heavy atom. The number of pyridine rings is 1. The first kappa shape index (κ1) is 23.3. The molecule has 5 nitrogen and oxygen atoms in total. The van der Waals surface area contributed by atoms with Crippen LogP contribution in [0.4, 0.5) is 0 Å². The first-order valence-electron chi connectivity index (χ1n) is 8.99. The van der Waals surface area contributed by atoms with Crippen LogP contribution in [0.3, 0.4) is 0 Å². The molecule has 0 unspecified atom stereocenters. The van der Waals surface area contributed by atoms with Gasteiger partial charge in [0.2, 0.25) is 5.91 Å². The molecule has 1 heterocycles. The molecule has 1 rings (SSSR count). The topological polar surface area (TPSA) is 60.5 Å². The normalized spacial score (nSPS) is 12.2. The molecular weight excluding hydrogens is 368 g/mol. The summed E-state index contributed by atoms with van der Waals surface area (Å²) < 4.78 is 11.7. The number of carbonyl (C=O) groups is 1. The highest BCUT2D eigenvalue weighted by Gasteiger charge is 2.24. The SMILES string of the molecule is CCC(C)(C)OCC(C)(C)OCCNC(=O)CCSSc1ccccn1. The number of nitrogens with one attached hydrogen (secondary N) is 1. The summed E-state index contributed by atoms with van der Waals surface area (Å²) in [5, 5.41) is 3.85. The smallest absolute Gasteiger partial charge is 0.220 e. The Balaban J connectivity index is 2.08. The van der Waals surface area contributed by atoms with Crippen LogP contribution in [-0.4, -0.2) is 47.6 Å². The molecule has 0 aliphatic rings. The van der Waals surface area contributed by atoms with E-state index in [9.17, 15) is 4.79 Å². The second-order valence-corrected chi connectivity index (χ2v) is 9.62. The maximum Gasteiger partial charge on any atom is 0.220 e. The van der Waals surface area contributed by atoms with Crippen molar-refractivity contribution in [3.8, 4) is 0 Å². The zero-order valence-electron chi connectivity index (χ0n) is 16.5. The number of nitrogens with zero attached hydrogens (tertiary/aromatic N) is 1. The Labute approximate surface area is 165 Å². The zero-order chi connectivity index (χ0) is 19.5. The molecule has 0 fully saturated rings. The third-order valence-corrected chi connectivity index (χ3v) is 6.04. The van der Waals surface area contributed by atoms with E-state index >= 15 is 0 Å². The van der Waals surface area contributed by atoms with Crippen LogP contribution in [-0.2, 0) is 14.3 Å². The van der Waals surface area contributed by atoms with Crippen LogP contribution in [0.2, 0.25) is 0 Å². The number of ether oxygens (including phenoxy) is 2. The lowest BCUT2D eigenvalue weighted by Crippen LogP contribution is -2.38. The van der Waals surface area contributed by atoms with E-state index in [0.717, 1.165) is 17.2 Å². The monoisotopic (exact) mass is 400 g/mol. The van der Waals surface area contributed by atoms with Crippen molar-refractivity contribution in [1.29, 1.82) is 0 Å². The summed E-state index contributed by atoms with van der Waals surface area (Å²) in [6.07, 6.45) is 3.21. The van der Waals surface area contributed by atoms with Crippen molar-refractivity contribution in [1.82, 2.24) is 10.3 Å². The summed E-state index contributed by atoms with van der Waals surface area (Å²) in [6.45, 7) is 11.8. The Morgan fingerprint density at radius 1 is 1.19 bits per heavy atom. The maximum atomic E-state index is 11.8. The minimum atomic E-state index is -0.369. The lowest BCUT2D eigenvalue weighted by molar-refractivity contribution is -0.125. The quantitative estimate of drug-likeness (QED) is 0.393. The van der Waals surface area contributed by atoms with Crippen molar-refractivity contribution >= 4 is 27.5 Å². The van der Waals surface area contributed by atoms with Crippen LogP contribution >= 0.6 is 21.6 Å². The molecule has 1 N–H and O–H groups in total. The van der Waals surface area contributed by atoms with Crippen molar-refractivity contribution < 1.29 is 14.3 Å². The van der Waals surface area contributed by atoms with Gasteiger partial charge in [-0.15, -0.1) is 0 Å². The van der Waals surface area contributed by atoms with E-state index in [1.165, 1.54) is 0 Å². The summed E-state index contributed by atoms with van der Waals surface area (Å²) >= 11 is 0. The number of carbonyl (C=O) groups excluding carboxylic acids is 1. The summed E-state index contributed by atoms with van der Waals surface area (Å²) in [7, 11) is 3.22. The molecule has 0 aliphatic carbocycles. The van der Waals surface area contributed by atoms with Crippen LogP contribution in [0.1, 0.15) is 47.5 Å². The molecule has 0 spiro atoms. The third-order valence-electron chi connectivity index (χ3n) is 3.77. The van der Waals surface area contributed by atoms with Crippen molar-refractivity contribution in [3.63, 3.8) is 0 Å².